The summed E-state index contributed by atoms with van der Waals surface area (Å²) in [6.45, 7) is 4.15. The number of nitrogens with zero attached hydrogens (tertiary/aromatic N) is 2. The van der Waals surface area contributed by atoms with Crippen LogP contribution in [0.4, 0.5) is 5.82 Å². The smallest absolute Gasteiger partial charge is 0.331 e. The largest absolute Gasteiger partial charge is 0.478 e. The highest BCUT2D eigenvalue weighted by Crippen LogP contribution is 2.27. The van der Waals surface area contributed by atoms with E-state index in [-0.39, 0.29) is 0 Å². The van der Waals surface area contributed by atoms with Crippen molar-refractivity contribution in [2.45, 2.75) is 39.5 Å². The van der Waals surface area contributed by atoms with Crippen molar-refractivity contribution in [2.75, 3.05) is 5.32 Å². The lowest BCUT2D eigenvalue weighted by molar-refractivity contribution is -0.132. The minimum absolute atomic E-state index is 0.438. The van der Waals surface area contributed by atoms with Crippen LogP contribution < -0.4 is 5.32 Å². The number of hydrogen-bond donors (Lipinski definition) is 2. The van der Waals surface area contributed by atoms with Gasteiger partial charge in [0.15, 0.2) is 5.82 Å². The molecule has 0 aliphatic heterocycles. The highest BCUT2D eigenvalue weighted by Gasteiger charge is 2.16. The zero-order chi connectivity index (χ0) is 18.5. The number of aryl methyl sites for hydroxylation is 1. The minimum Gasteiger partial charge on any atom is -0.478 e. The van der Waals surface area contributed by atoms with Crippen LogP contribution in [0.5, 0.6) is 0 Å². The highest BCUT2D eigenvalue weighted by molar-refractivity contribution is 5.87. The van der Waals surface area contributed by atoms with Crippen LogP contribution >= 0.6 is 0 Å². The molecule has 5 nitrogen and oxygen atoms in total. The van der Waals surface area contributed by atoms with Gasteiger partial charge in [-0.15, -0.1) is 0 Å². The summed E-state index contributed by atoms with van der Waals surface area (Å²) in [7, 11) is 0. The summed E-state index contributed by atoms with van der Waals surface area (Å²) in [5.74, 6) is 0.663. The Hall–Kier alpha value is -2.95. The lowest BCUT2D eigenvalue weighted by Crippen LogP contribution is -2.12. The van der Waals surface area contributed by atoms with Crippen molar-refractivity contribution in [3.8, 4) is 11.4 Å². The van der Waals surface area contributed by atoms with E-state index in [1.165, 1.54) is 0 Å². The Bertz CT molecular complexity index is 870. The van der Waals surface area contributed by atoms with Gasteiger partial charge in [-0.2, -0.15) is 0 Å². The second kappa shape index (κ2) is 7.95. The van der Waals surface area contributed by atoms with E-state index in [4.69, 9.17) is 15.1 Å². The van der Waals surface area contributed by atoms with Gasteiger partial charge in [-0.25, -0.2) is 14.8 Å². The predicted molar refractivity (Wildman–Crippen MR) is 103 cm³/mol. The molecule has 0 saturated heterocycles. The molecule has 1 aliphatic rings. The van der Waals surface area contributed by atoms with Crippen molar-refractivity contribution in [3.63, 3.8) is 0 Å². The molecule has 2 aromatic rings. The van der Waals surface area contributed by atoms with Crippen molar-refractivity contribution >= 4 is 11.8 Å². The molecule has 0 bridgehead atoms. The Kier molecular flexibility index (Phi) is 5.46. The van der Waals surface area contributed by atoms with Crippen molar-refractivity contribution in [1.29, 1.82) is 0 Å². The zero-order valence-electron chi connectivity index (χ0n) is 15.1. The Labute approximate surface area is 153 Å². The van der Waals surface area contributed by atoms with E-state index >= 15 is 0 Å². The highest BCUT2D eigenvalue weighted by atomic mass is 16.4. The Balaban J connectivity index is 1.96. The fraction of sp³-hybridized carbons (Fsp3) is 0.286. The fourth-order valence-electron chi connectivity index (χ4n) is 3.04. The summed E-state index contributed by atoms with van der Waals surface area (Å²) in [6, 6.07) is 9.92. The molecule has 0 fully saturated rings. The van der Waals surface area contributed by atoms with Crippen LogP contribution in [0, 0.1) is 6.92 Å². The third-order valence-corrected chi connectivity index (χ3v) is 4.45. The van der Waals surface area contributed by atoms with Crippen LogP contribution in [-0.2, 0) is 11.2 Å². The van der Waals surface area contributed by atoms with Crippen molar-refractivity contribution in [2.24, 2.45) is 0 Å². The van der Waals surface area contributed by atoms with Crippen molar-refractivity contribution < 1.29 is 9.90 Å². The number of carboxylic acid groups (broad SMARTS) is 1. The first kappa shape index (κ1) is 17.9. The number of carbonyl (C=O) groups is 1. The van der Waals surface area contributed by atoms with E-state index in [9.17, 15) is 4.79 Å². The first-order valence-corrected chi connectivity index (χ1v) is 8.91. The summed E-state index contributed by atoms with van der Waals surface area (Å²) in [4.78, 5) is 20.5. The van der Waals surface area contributed by atoms with Gasteiger partial charge >= 0.3 is 5.97 Å². The number of allylic oxidation sites excluding steroid dienone is 3. The number of aromatic nitrogens is 2. The lowest BCUT2D eigenvalue weighted by atomic mass is 10.0. The van der Waals surface area contributed by atoms with Gasteiger partial charge in [-0.1, -0.05) is 49.8 Å². The van der Waals surface area contributed by atoms with Gasteiger partial charge in [-0.05, 0) is 32.3 Å². The molecule has 0 radical (unpaired) electrons. The number of aliphatic carboxylic acids is 1. The minimum atomic E-state index is -0.851. The van der Waals surface area contributed by atoms with Gasteiger partial charge in [-0.3, -0.25) is 0 Å². The van der Waals surface area contributed by atoms with E-state index < -0.39 is 5.97 Å². The molecule has 0 saturated carbocycles. The quantitative estimate of drug-likeness (QED) is 0.803. The maximum atomic E-state index is 11.1. The lowest BCUT2D eigenvalue weighted by Gasteiger charge is -2.18. The number of anilines is 1. The molecule has 1 heterocycles. The second-order valence-corrected chi connectivity index (χ2v) is 6.39. The summed E-state index contributed by atoms with van der Waals surface area (Å²) in [5, 5.41) is 12.5. The van der Waals surface area contributed by atoms with E-state index in [2.05, 4.69) is 12.2 Å². The molecule has 0 spiro atoms. The Morgan fingerprint density at radius 1 is 1.15 bits per heavy atom. The molecule has 26 heavy (non-hydrogen) atoms. The normalized spacial score (nSPS) is 13.8. The molecule has 1 aromatic carbocycles. The molecule has 5 heteroatoms. The maximum Gasteiger partial charge on any atom is 0.331 e. The maximum absolute atomic E-state index is 11.1. The van der Waals surface area contributed by atoms with E-state index in [0.29, 0.717) is 24.2 Å². The third-order valence-electron chi connectivity index (χ3n) is 4.45. The summed E-state index contributed by atoms with van der Waals surface area (Å²) >= 11 is 0. The van der Waals surface area contributed by atoms with Gasteiger partial charge in [0.25, 0.3) is 0 Å². The fourth-order valence-corrected chi connectivity index (χ4v) is 3.04. The van der Waals surface area contributed by atoms with Crippen molar-refractivity contribution in [3.05, 3.63) is 65.0 Å². The van der Waals surface area contributed by atoms with E-state index in [1.807, 2.05) is 43.3 Å². The van der Waals surface area contributed by atoms with E-state index in [0.717, 1.165) is 41.2 Å². The van der Waals surface area contributed by atoms with Gasteiger partial charge < -0.3 is 10.4 Å². The van der Waals surface area contributed by atoms with Crippen LogP contribution in [0.3, 0.4) is 0 Å². The SMILES string of the molecule is CCCc1c(C)nc(-c2ccccc2)nc1NC1=CC=C(C(=O)O)CC1. The molecular formula is C21H23N3O2. The standard InChI is InChI=1S/C21H23N3O2/c1-3-7-18-14(2)22-19(15-8-5-4-6-9-15)24-20(18)23-17-12-10-16(11-13-17)21(25)26/h4-6,8-10,12H,3,7,11,13H2,1-2H3,(H,25,26)(H,22,23,24). The Morgan fingerprint density at radius 2 is 1.92 bits per heavy atom. The summed E-state index contributed by atoms with van der Waals surface area (Å²) in [5.41, 5.74) is 4.48. The number of carboxylic acids is 1. The second-order valence-electron chi connectivity index (χ2n) is 6.39. The topological polar surface area (TPSA) is 75.1 Å². The predicted octanol–water partition coefficient (Wildman–Crippen LogP) is 4.51. The first-order chi connectivity index (χ1) is 12.6. The van der Waals surface area contributed by atoms with Gasteiger partial charge in [0.1, 0.15) is 5.82 Å². The van der Waals surface area contributed by atoms with Gasteiger partial charge in [0, 0.05) is 28.1 Å². The molecule has 0 atom stereocenters. The molecule has 0 unspecified atom stereocenters. The zero-order valence-corrected chi connectivity index (χ0v) is 15.1. The average Bonchev–Trinajstić information content (AvgIpc) is 2.65. The van der Waals surface area contributed by atoms with Crippen LogP contribution in [0.1, 0.15) is 37.4 Å². The number of rotatable bonds is 6. The number of hydrogen-bond acceptors (Lipinski definition) is 4. The molecule has 3 rings (SSSR count). The van der Waals surface area contributed by atoms with Crippen LogP contribution in [0.25, 0.3) is 11.4 Å². The summed E-state index contributed by atoms with van der Waals surface area (Å²) < 4.78 is 0. The summed E-state index contributed by atoms with van der Waals surface area (Å²) in [6.07, 6.45) is 6.58. The van der Waals surface area contributed by atoms with Crippen LogP contribution in [-0.4, -0.2) is 21.0 Å². The van der Waals surface area contributed by atoms with Crippen LogP contribution in [0.15, 0.2) is 53.8 Å². The van der Waals surface area contributed by atoms with Gasteiger partial charge in [0.05, 0.1) is 0 Å². The third kappa shape index (κ3) is 3.99. The number of nitrogens with one attached hydrogen (secondary N) is 1. The van der Waals surface area contributed by atoms with Gasteiger partial charge in [0.2, 0.25) is 0 Å². The molecule has 1 aliphatic carbocycles. The molecule has 1 aromatic heterocycles. The average molecular weight is 349 g/mol. The molecule has 2 N–H and O–H groups in total. The Morgan fingerprint density at radius 3 is 2.54 bits per heavy atom. The van der Waals surface area contributed by atoms with E-state index in [1.54, 1.807) is 6.08 Å². The number of benzene rings is 1. The van der Waals surface area contributed by atoms with Crippen molar-refractivity contribution in [1.82, 2.24) is 9.97 Å². The molecule has 0 amide bonds. The first-order valence-electron chi connectivity index (χ1n) is 8.91. The monoisotopic (exact) mass is 349 g/mol. The molecular weight excluding hydrogens is 326 g/mol. The molecule has 134 valence electrons. The van der Waals surface area contributed by atoms with Crippen LogP contribution in [0.2, 0.25) is 0 Å².